The van der Waals surface area contributed by atoms with Crippen molar-refractivity contribution in [1.82, 2.24) is 10.6 Å². The summed E-state index contributed by atoms with van der Waals surface area (Å²) in [4.78, 5) is 15.9. The first-order valence-electron chi connectivity index (χ1n) is 9.30. The fourth-order valence-electron chi connectivity index (χ4n) is 2.43. The van der Waals surface area contributed by atoms with Crippen LogP contribution < -0.4 is 16.0 Å². The van der Waals surface area contributed by atoms with Crippen LogP contribution in [0.3, 0.4) is 0 Å². The zero-order chi connectivity index (χ0) is 18.7. The molecule has 0 spiro atoms. The lowest BCUT2D eigenvalue weighted by Gasteiger charge is -2.18. The minimum Gasteiger partial charge on any atom is -0.354 e. The van der Waals surface area contributed by atoms with E-state index in [1.165, 1.54) is 6.42 Å². The van der Waals surface area contributed by atoms with Gasteiger partial charge in [-0.05, 0) is 49.8 Å². The van der Waals surface area contributed by atoms with Crippen LogP contribution in [0.25, 0.3) is 0 Å². The largest absolute Gasteiger partial charge is 0.354 e. The number of nitrogens with zero attached hydrogens (tertiary/aromatic N) is 1. The second-order valence-electron chi connectivity index (χ2n) is 6.94. The molecule has 1 aromatic carbocycles. The summed E-state index contributed by atoms with van der Waals surface area (Å²) in [6.45, 7) is 9.37. The Morgan fingerprint density at radius 3 is 2.36 bits per heavy atom. The van der Waals surface area contributed by atoms with Crippen LogP contribution in [0.1, 0.15) is 58.9 Å². The van der Waals surface area contributed by atoms with Crippen molar-refractivity contribution in [3.63, 3.8) is 0 Å². The molecule has 1 aromatic rings. The standard InChI is InChI=1S/C20H34N4O/c1-6-7-19(25)24-18-12-10-17(11-13-18)14-22-20(21-5)23-16(4)9-8-15(2)3/h10-13,15-16H,6-9,14H2,1-5H3,(H,24,25)(H2,21,22,23). The van der Waals surface area contributed by atoms with Crippen molar-refractivity contribution in [1.29, 1.82) is 0 Å². The normalized spacial score (nSPS) is 12.8. The van der Waals surface area contributed by atoms with Gasteiger partial charge in [0.1, 0.15) is 0 Å². The highest BCUT2D eigenvalue weighted by Crippen LogP contribution is 2.10. The average Bonchev–Trinajstić information content (AvgIpc) is 2.58. The predicted molar refractivity (Wildman–Crippen MR) is 107 cm³/mol. The number of benzene rings is 1. The predicted octanol–water partition coefficient (Wildman–Crippen LogP) is 3.91. The van der Waals surface area contributed by atoms with E-state index in [2.05, 4.69) is 41.7 Å². The Morgan fingerprint density at radius 1 is 1.12 bits per heavy atom. The molecule has 0 aliphatic carbocycles. The molecule has 0 saturated heterocycles. The number of nitrogens with one attached hydrogen (secondary N) is 3. The Kier molecular flexibility index (Phi) is 9.66. The van der Waals surface area contributed by atoms with Gasteiger partial charge in [-0.1, -0.05) is 32.9 Å². The summed E-state index contributed by atoms with van der Waals surface area (Å²) >= 11 is 0. The van der Waals surface area contributed by atoms with Gasteiger partial charge in [0.15, 0.2) is 5.96 Å². The van der Waals surface area contributed by atoms with Crippen molar-refractivity contribution in [2.24, 2.45) is 10.9 Å². The number of hydrogen-bond acceptors (Lipinski definition) is 2. The lowest BCUT2D eigenvalue weighted by molar-refractivity contribution is -0.116. The van der Waals surface area contributed by atoms with Crippen molar-refractivity contribution in [3.8, 4) is 0 Å². The first-order chi connectivity index (χ1) is 11.9. The van der Waals surface area contributed by atoms with Gasteiger partial charge in [0.25, 0.3) is 0 Å². The van der Waals surface area contributed by atoms with Gasteiger partial charge < -0.3 is 16.0 Å². The molecule has 140 valence electrons. The topological polar surface area (TPSA) is 65.5 Å². The third-order valence-electron chi connectivity index (χ3n) is 3.96. The number of rotatable bonds is 9. The van der Waals surface area contributed by atoms with E-state index in [9.17, 15) is 4.79 Å². The molecule has 0 bridgehead atoms. The fourth-order valence-corrected chi connectivity index (χ4v) is 2.43. The van der Waals surface area contributed by atoms with Gasteiger partial charge >= 0.3 is 0 Å². The van der Waals surface area contributed by atoms with E-state index in [1.807, 2.05) is 31.2 Å². The molecule has 1 atom stereocenters. The summed E-state index contributed by atoms with van der Waals surface area (Å²) in [7, 11) is 1.79. The van der Waals surface area contributed by atoms with Crippen LogP contribution in [0.4, 0.5) is 5.69 Å². The van der Waals surface area contributed by atoms with Crippen molar-refractivity contribution >= 4 is 17.6 Å². The highest BCUT2D eigenvalue weighted by Gasteiger charge is 2.06. The van der Waals surface area contributed by atoms with Gasteiger partial charge in [-0.15, -0.1) is 0 Å². The van der Waals surface area contributed by atoms with Gasteiger partial charge in [-0.3, -0.25) is 9.79 Å². The number of carbonyl (C=O) groups excluding carboxylic acids is 1. The SMILES string of the molecule is CCCC(=O)Nc1ccc(CNC(=NC)NC(C)CCC(C)C)cc1. The summed E-state index contributed by atoms with van der Waals surface area (Å²) in [6, 6.07) is 8.30. The maximum atomic E-state index is 11.6. The molecule has 0 aliphatic heterocycles. The van der Waals surface area contributed by atoms with Gasteiger partial charge in [0.2, 0.25) is 5.91 Å². The van der Waals surface area contributed by atoms with Crippen LogP contribution in [-0.2, 0) is 11.3 Å². The van der Waals surface area contributed by atoms with Crippen molar-refractivity contribution < 1.29 is 4.79 Å². The summed E-state index contributed by atoms with van der Waals surface area (Å²) in [5, 5.41) is 9.66. The van der Waals surface area contributed by atoms with E-state index < -0.39 is 0 Å². The van der Waals surface area contributed by atoms with Crippen LogP contribution in [0.15, 0.2) is 29.3 Å². The monoisotopic (exact) mass is 346 g/mol. The van der Waals surface area contributed by atoms with Crippen molar-refractivity contribution in [2.45, 2.75) is 66.0 Å². The second-order valence-corrected chi connectivity index (χ2v) is 6.94. The first-order valence-corrected chi connectivity index (χ1v) is 9.30. The molecule has 1 amide bonds. The summed E-state index contributed by atoms with van der Waals surface area (Å²) in [5.41, 5.74) is 1.98. The summed E-state index contributed by atoms with van der Waals surface area (Å²) < 4.78 is 0. The Morgan fingerprint density at radius 2 is 1.80 bits per heavy atom. The van der Waals surface area contributed by atoms with E-state index in [1.54, 1.807) is 7.05 Å². The van der Waals surface area contributed by atoms with Crippen LogP contribution in [0, 0.1) is 5.92 Å². The number of hydrogen-bond donors (Lipinski definition) is 3. The first kappa shape index (κ1) is 21.0. The van der Waals surface area contributed by atoms with Crippen LogP contribution >= 0.6 is 0 Å². The van der Waals surface area contributed by atoms with Crippen molar-refractivity contribution in [3.05, 3.63) is 29.8 Å². The minimum atomic E-state index is 0.0633. The molecular formula is C20H34N4O. The Balaban J connectivity index is 2.43. The van der Waals surface area contributed by atoms with Crippen molar-refractivity contribution in [2.75, 3.05) is 12.4 Å². The molecule has 0 aromatic heterocycles. The van der Waals surface area contributed by atoms with E-state index in [4.69, 9.17) is 0 Å². The molecule has 25 heavy (non-hydrogen) atoms. The number of anilines is 1. The molecule has 0 heterocycles. The molecular weight excluding hydrogens is 312 g/mol. The average molecular weight is 347 g/mol. The minimum absolute atomic E-state index is 0.0633. The zero-order valence-corrected chi connectivity index (χ0v) is 16.4. The smallest absolute Gasteiger partial charge is 0.224 e. The molecule has 1 unspecified atom stereocenters. The van der Waals surface area contributed by atoms with Gasteiger partial charge in [-0.25, -0.2) is 0 Å². The maximum absolute atomic E-state index is 11.6. The lowest BCUT2D eigenvalue weighted by atomic mass is 10.0. The van der Waals surface area contributed by atoms with Gasteiger partial charge in [0, 0.05) is 31.7 Å². The maximum Gasteiger partial charge on any atom is 0.224 e. The molecule has 5 nitrogen and oxygen atoms in total. The Hall–Kier alpha value is -2.04. The van der Waals surface area contributed by atoms with E-state index in [0.717, 1.165) is 36.0 Å². The third-order valence-corrected chi connectivity index (χ3v) is 3.96. The van der Waals surface area contributed by atoms with Gasteiger partial charge in [0.05, 0.1) is 0 Å². The number of aliphatic imine (C=N–C) groups is 1. The Bertz CT molecular complexity index is 537. The van der Waals surface area contributed by atoms with E-state index in [-0.39, 0.29) is 5.91 Å². The zero-order valence-electron chi connectivity index (χ0n) is 16.4. The highest BCUT2D eigenvalue weighted by atomic mass is 16.1. The van der Waals surface area contributed by atoms with E-state index in [0.29, 0.717) is 19.0 Å². The van der Waals surface area contributed by atoms with Crippen LogP contribution in [-0.4, -0.2) is 25.0 Å². The quantitative estimate of drug-likeness (QED) is 0.469. The lowest BCUT2D eigenvalue weighted by Crippen LogP contribution is -2.41. The highest BCUT2D eigenvalue weighted by molar-refractivity contribution is 5.90. The fraction of sp³-hybridized carbons (Fsp3) is 0.600. The second kappa shape index (κ2) is 11.5. The number of amides is 1. The molecule has 0 aliphatic rings. The molecule has 3 N–H and O–H groups in total. The van der Waals surface area contributed by atoms with Crippen LogP contribution in [0.2, 0.25) is 0 Å². The van der Waals surface area contributed by atoms with Gasteiger partial charge in [-0.2, -0.15) is 0 Å². The van der Waals surface area contributed by atoms with E-state index >= 15 is 0 Å². The van der Waals surface area contributed by atoms with Crippen LogP contribution in [0.5, 0.6) is 0 Å². The molecule has 0 fully saturated rings. The molecule has 1 rings (SSSR count). The summed E-state index contributed by atoms with van der Waals surface area (Å²) in [6.07, 6.45) is 3.75. The molecule has 0 radical (unpaired) electrons. The Labute approximate surface area is 152 Å². The molecule has 5 heteroatoms. The third kappa shape index (κ3) is 9.13. The molecule has 0 saturated carbocycles. The number of carbonyl (C=O) groups is 1. The number of guanidine groups is 1. The summed E-state index contributed by atoms with van der Waals surface area (Å²) in [5.74, 6) is 1.60.